The summed E-state index contributed by atoms with van der Waals surface area (Å²) in [5.74, 6) is 0. The van der Waals surface area contributed by atoms with Crippen molar-refractivity contribution in [3.8, 4) is 0 Å². The molecule has 92 valence electrons. The van der Waals surface area contributed by atoms with Gasteiger partial charge in [-0.3, -0.25) is 4.55 Å². The van der Waals surface area contributed by atoms with Crippen LogP contribution in [0.5, 0.6) is 0 Å². The molecule has 3 N–H and O–H groups in total. The molecule has 0 saturated heterocycles. The molecule has 0 fully saturated rings. The second-order valence-electron chi connectivity index (χ2n) is 3.12. The van der Waals surface area contributed by atoms with Gasteiger partial charge >= 0.3 is 29.6 Å². The first-order valence-electron chi connectivity index (χ1n) is 4.67. The van der Waals surface area contributed by atoms with Crippen molar-refractivity contribution in [2.24, 2.45) is 0 Å². The van der Waals surface area contributed by atoms with Crippen LogP contribution in [-0.4, -0.2) is 24.6 Å². The van der Waals surface area contributed by atoms with E-state index in [2.05, 4.69) is 17.2 Å². The smallest absolute Gasteiger partial charge is 0.359 e. The molecular formula is C10H12N2NaO3S2+. The van der Waals surface area contributed by atoms with Crippen molar-refractivity contribution in [3.05, 3.63) is 36.9 Å². The van der Waals surface area contributed by atoms with E-state index in [4.69, 9.17) is 16.8 Å². The van der Waals surface area contributed by atoms with Crippen LogP contribution in [0.4, 0.5) is 5.69 Å². The maximum Gasteiger partial charge on any atom is 1.00 e. The van der Waals surface area contributed by atoms with Crippen LogP contribution < -0.4 is 40.2 Å². The van der Waals surface area contributed by atoms with Crippen molar-refractivity contribution < 1.29 is 42.5 Å². The first kappa shape index (κ1) is 17.6. The first-order valence-corrected chi connectivity index (χ1v) is 6.51. The Hall–Kier alpha value is -0.440. The van der Waals surface area contributed by atoms with Gasteiger partial charge in [0, 0.05) is 12.2 Å². The van der Waals surface area contributed by atoms with Crippen molar-refractivity contribution in [1.29, 1.82) is 0 Å². The van der Waals surface area contributed by atoms with Gasteiger partial charge in [0.2, 0.25) is 0 Å². The maximum absolute atomic E-state index is 10.8. The summed E-state index contributed by atoms with van der Waals surface area (Å²) < 4.78 is 30.4. The summed E-state index contributed by atoms with van der Waals surface area (Å²) in [4.78, 5) is -0.159. The summed E-state index contributed by atoms with van der Waals surface area (Å²) in [7, 11) is -4.15. The fourth-order valence-electron chi connectivity index (χ4n) is 1.05. The second kappa shape index (κ2) is 7.88. The molecule has 0 radical (unpaired) electrons. The van der Waals surface area contributed by atoms with Crippen molar-refractivity contribution in [1.82, 2.24) is 5.32 Å². The van der Waals surface area contributed by atoms with E-state index in [0.717, 1.165) is 0 Å². The number of nitrogens with one attached hydrogen (secondary N) is 2. The SMILES string of the molecule is C=CCNC(=S)Nc1ccc(S(=O)(=O)O)cc1.[Na+]. The minimum atomic E-state index is -4.15. The monoisotopic (exact) mass is 295 g/mol. The average molecular weight is 295 g/mol. The van der Waals surface area contributed by atoms with E-state index in [1.54, 1.807) is 6.08 Å². The molecule has 0 bridgehead atoms. The fraction of sp³-hybridized carbons (Fsp3) is 0.100. The van der Waals surface area contributed by atoms with Gasteiger partial charge < -0.3 is 10.6 Å². The number of rotatable bonds is 4. The molecule has 1 aromatic rings. The molecule has 0 spiro atoms. The van der Waals surface area contributed by atoms with E-state index in [0.29, 0.717) is 17.3 Å². The molecule has 5 nitrogen and oxygen atoms in total. The van der Waals surface area contributed by atoms with Crippen LogP contribution >= 0.6 is 12.2 Å². The number of anilines is 1. The van der Waals surface area contributed by atoms with Crippen LogP contribution in [0.2, 0.25) is 0 Å². The van der Waals surface area contributed by atoms with Crippen LogP contribution in [0.1, 0.15) is 0 Å². The Morgan fingerprint density at radius 2 is 1.94 bits per heavy atom. The Morgan fingerprint density at radius 3 is 2.39 bits per heavy atom. The molecule has 0 aliphatic heterocycles. The summed E-state index contributed by atoms with van der Waals surface area (Å²) >= 11 is 4.97. The average Bonchev–Trinajstić information content (AvgIpc) is 2.26. The molecule has 0 aromatic heterocycles. The molecule has 0 aliphatic rings. The molecule has 0 atom stereocenters. The number of benzene rings is 1. The van der Waals surface area contributed by atoms with Gasteiger partial charge in [-0.25, -0.2) is 0 Å². The van der Waals surface area contributed by atoms with Gasteiger partial charge in [-0.15, -0.1) is 6.58 Å². The third-order valence-corrected chi connectivity index (χ3v) is 2.93. The number of thiocarbonyl (C=S) groups is 1. The molecule has 1 aromatic carbocycles. The van der Waals surface area contributed by atoms with Gasteiger partial charge in [-0.2, -0.15) is 8.42 Å². The van der Waals surface area contributed by atoms with Crippen LogP contribution in [0.25, 0.3) is 0 Å². The Labute approximate surface area is 134 Å². The van der Waals surface area contributed by atoms with E-state index in [9.17, 15) is 8.42 Å². The second-order valence-corrected chi connectivity index (χ2v) is 4.95. The minimum Gasteiger partial charge on any atom is -0.359 e. The molecule has 1 rings (SSSR count). The predicted octanol–water partition coefficient (Wildman–Crippen LogP) is -1.59. The van der Waals surface area contributed by atoms with E-state index < -0.39 is 10.1 Å². The molecule has 0 saturated carbocycles. The molecule has 0 amide bonds. The predicted molar refractivity (Wildman–Crippen MR) is 70.7 cm³/mol. The zero-order chi connectivity index (χ0) is 12.9. The van der Waals surface area contributed by atoms with E-state index in [1.165, 1.54) is 24.3 Å². The zero-order valence-electron chi connectivity index (χ0n) is 9.88. The van der Waals surface area contributed by atoms with Gasteiger partial charge in [-0.05, 0) is 36.5 Å². The van der Waals surface area contributed by atoms with Crippen LogP contribution in [0.3, 0.4) is 0 Å². The summed E-state index contributed by atoms with van der Waals surface area (Å²) in [6, 6.07) is 5.58. The normalized spacial score (nSPS) is 10.1. The van der Waals surface area contributed by atoms with Crippen LogP contribution in [0, 0.1) is 0 Å². The number of hydrogen-bond acceptors (Lipinski definition) is 3. The maximum atomic E-state index is 10.8. The standard InChI is InChI=1S/C10H12N2O3S2.Na/c1-2-7-11-10(16)12-8-3-5-9(6-4-8)17(13,14)15;/h2-6H,1,7H2,(H2,11,12,16)(H,13,14,15);/q;+1. The van der Waals surface area contributed by atoms with Crippen molar-refractivity contribution in [3.63, 3.8) is 0 Å². The Morgan fingerprint density at radius 1 is 1.39 bits per heavy atom. The van der Waals surface area contributed by atoms with E-state index in [-0.39, 0.29) is 34.5 Å². The van der Waals surface area contributed by atoms with Crippen LogP contribution in [0.15, 0.2) is 41.8 Å². The van der Waals surface area contributed by atoms with Crippen LogP contribution in [-0.2, 0) is 10.1 Å². The van der Waals surface area contributed by atoms with Gasteiger partial charge in [0.05, 0.1) is 4.90 Å². The minimum absolute atomic E-state index is 0. The van der Waals surface area contributed by atoms with E-state index in [1.807, 2.05) is 0 Å². The quantitative estimate of drug-likeness (QED) is 0.269. The Bertz CT molecular complexity index is 514. The summed E-state index contributed by atoms with van der Waals surface area (Å²) in [6.07, 6.45) is 1.66. The molecular weight excluding hydrogens is 283 g/mol. The van der Waals surface area contributed by atoms with Crippen molar-refractivity contribution >= 4 is 33.1 Å². The van der Waals surface area contributed by atoms with Crippen molar-refractivity contribution in [2.75, 3.05) is 11.9 Å². The van der Waals surface area contributed by atoms with Crippen molar-refractivity contribution in [2.45, 2.75) is 4.90 Å². The third kappa shape index (κ3) is 5.94. The third-order valence-electron chi connectivity index (χ3n) is 1.82. The molecule has 8 heteroatoms. The van der Waals surface area contributed by atoms with Gasteiger partial charge in [0.15, 0.2) is 5.11 Å². The Kier molecular flexibility index (Phi) is 7.69. The van der Waals surface area contributed by atoms with Gasteiger partial charge in [-0.1, -0.05) is 6.08 Å². The number of hydrogen-bond donors (Lipinski definition) is 3. The zero-order valence-corrected chi connectivity index (χ0v) is 13.5. The summed E-state index contributed by atoms with van der Waals surface area (Å²) in [5, 5.41) is 6.12. The van der Waals surface area contributed by atoms with Gasteiger partial charge in [0.25, 0.3) is 10.1 Å². The summed E-state index contributed by atoms with van der Waals surface area (Å²) in [6.45, 7) is 4.07. The summed E-state index contributed by atoms with van der Waals surface area (Å²) in [5.41, 5.74) is 0.624. The first-order chi connectivity index (χ1) is 7.93. The van der Waals surface area contributed by atoms with E-state index >= 15 is 0 Å². The molecule has 0 heterocycles. The Balaban J connectivity index is 0.00000289. The fourth-order valence-corrected chi connectivity index (χ4v) is 1.73. The molecule has 18 heavy (non-hydrogen) atoms. The molecule has 0 aliphatic carbocycles. The topological polar surface area (TPSA) is 78.4 Å². The molecule has 0 unspecified atom stereocenters. The van der Waals surface area contributed by atoms with Gasteiger partial charge in [0.1, 0.15) is 0 Å². The largest absolute Gasteiger partial charge is 1.00 e.